The van der Waals surface area contributed by atoms with Gasteiger partial charge >= 0.3 is 6.18 Å². The van der Waals surface area contributed by atoms with E-state index >= 15 is 0 Å². The Kier molecular flexibility index (Phi) is 8.48. The van der Waals surface area contributed by atoms with Crippen molar-refractivity contribution in [1.29, 1.82) is 0 Å². The highest BCUT2D eigenvalue weighted by molar-refractivity contribution is 6.00. The number of nitrogens with zero attached hydrogens (tertiary/aromatic N) is 1. The molecular formula is C22H24F3N3O4. The highest BCUT2D eigenvalue weighted by atomic mass is 19.4. The molecule has 0 aliphatic heterocycles. The van der Waals surface area contributed by atoms with Crippen LogP contribution in [0, 0.1) is 11.8 Å². The van der Waals surface area contributed by atoms with Gasteiger partial charge in [-0.3, -0.25) is 24.6 Å². The maximum atomic E-state index is 12.9. The number of halogens is 3. The minimum atomic E-state index is -4.51. The fourth-order valence-corrected chi connectivity index (χ4v) is 3.34. The summed E-state index contributed by atoms with van der Waals surface area (Å²) in [6.45, 7) is 1.80. The average Bonchev–Trinajstić information content (AvgIpc) is 2.80. The van der Waals surface area contributed by atoms with Crippen molar-refractivity contribution in [2.75, 3.05) is 7.05 Å². The number of ketones is 1. The van der Waals surface area contributed by atoms with Gasteiger partial charge in [-0.25, -0.2) is 5.48 Å². The zero-order valence-electron chi connectivity index (χ0n) is 17.6. The van der Waals surface area contributed by atoms with Crippen LogP contribution in [0.25, 0.3) is 11.1 Å². The van der Waals surface area contributed by atoms with Crippen molar-refractivity contribution in [2.24, 2.45) is 11.8 Å². The van der Waals surface area contributed by atoms with Gasteiger partial charge in [-0.2, -0.15) is 13.2 Å². The topological polar surface area (TPSA) is 108 Å². The van der Waals surface area contributed by atoms with E-state index in [1.165, 1.54) is 30.9 Å². The summed E-state index contributed by atoms with van der Waals surface area (Å²) in [7, 11) is 1.36. The van der Waals surface area contributed by atoms with Crippen molar-refractivity contribution in [2.45, 2.75) is 32.4 Å². The molecule has 2 aromatic rings. The Bertz CT molecular complexity index is 946. The number of pyridine rings is 1. The van der Waals surface area contributed by atoms with Crippen LogP contribution in [0.15, 0.2) is 42.7 Å². The van der Waals surface area contributed by atoms with E-state index in [0.29, 0.717) is 17.5 Å². The molecule has 10 heteroatoms. The van der Waals surface area contributed by atoms with Gasteiger partial charge in [-0.05, 0) is 30.9 Å². The van der Waals surface area contributed by atoms with E-state index in [9.17, 15) is 27.6 Å². The van der Waals surface area contributed by atoms with Crippen molar-refractivity contribution >= 4 is 17.6 Å². The molecule has 2 amide bonds. The van der Waals surface area contributed by atoms with Gasteiger partial charge in [0.1, 0.15) is 5.92 Å². The van der Waals surface area contributed by atoms with Gasteiger partial charge < -0.3 is 5.32 Å². The lowest BCUT2D eigenvalue weighted by Crippen LogP contribution is -2.39. The Morgan fingerprint density at radius 2 is 1.69 bits per heavy atom. The summed E-state index contributed by atoms with van der Waals surface area (Å²) in [4.78, 5) is 40.1. The summed E-state index contributed by atoms with van der Waals surface area (Å²) in [6, 6.07) is 7.13. The molecule has 7 nitrogen and oxygen atoms in total. The first-order chi connectivity index (χ1) is 15.1. The first-order valence-electron chi connectivity index (χ1n) is 9.94. The standard InChI is InChI=1S/C22H24F3N3O4/c1-3-13(8-9-18(20(30)26-2)21(31)28-32)19(29)15-6-4-14(5-7-15)16-10-17(12-27-11-16)22(23,24)25/h4-7,10-13,18,32H,3,8-9H2,1-2H3,(H,26,30)(H,28,31). The molecule has 0 fully saturated rings. The van der Waals surface area contributed by atoms with Crippen molar-refractivity contribution < 1.29 is 32.8 Å². The summed E-state index contributed by atoms with van der Waals surface area (Å²) in [5, 5.41) is 11.2. The molecule has 0 saturated carbocycles. The van der Waals surface area contributed by atoms with Crippen LogP contribution < -0.4 is 10.8 Å². The first kappa shape index (κ1) is 25.0. The molecular weight excluding hydrogens is 427 g/mol. The molecule has 1 aromatic heterocycles. The van der Waals surface area contributed by atoms with E-state index in [1.807, 2.05) is 0 Å². The van der Waals surface area contributed by atoms with Gasteiger partial charge in [-0.1, -0.05) is 31.2 Å². The number of hydrogen-bond acceptors (Lipinski definition) is 5. The second kappa shape index (κ2) is 10.9. The quantitative estimate of drug-likeness (QED) is 0.234. The monoisotopic (exact) mass is 451 g/mol. The highest BCUT2D eigenvalue weighted by Crippen LogP contribution is 2.31. The van der Waals surface area contributed by atoms with Crippen molar-refractivity contribution in [3.8, 4) is 11.1 Å². The van der Waals surface area contributed by atoms with E-state index in [-0.39, 0.29) is 24.2 Å². The molecule has 172 valence electrons. The smallest absolute Gasteiger partial charge is 0.358 e. The molecule has 2 rings (SSSR count). The van der Waals surface area contributed by atoms with Crippen LogP contribution in [0.4, 0.5) is 13.2 Å². The third-order valence-corrected chi connectivity index (χ3v) is 5.23. The summed E-state index contributed by atoms with van der Waals surface area (Å²) >= 11 is 0. The van der Waals surface area contributed by atoms with Crippen LogP contribution in [0.3, 0.4) is 0 Å². The van der Waals surface area contributed by atoms with Crippen LogP contribution in [0.5, 0.6) is 0 Å². The maximum Gasteiger partial charge on any atom is 0.417 e. The Morgan fingerprint density at radius 3 is 2.22 bits per heavy atom. The number of carbonyl (C=O) groups is 3. The Balaban J connectivity index is 2.15. The van der Waals surface area contributed by atoms with E-state index in [2.05, 4.69) is 10.3 Å². The zero-order valence-corrected chi connectivity index (χ0v) is 17.6. The van der Waals surface area contributed by atoms with Crippen LogP contribution in [0.1, 0.15) is 42.1 Å². The van der Waals surface area contributed by atoms with E-state index in [4.69, 9.17) is 5.21 Å². The van der Waals surface area contributed by atoms with Gasteiger partial charge in [0.15, 0.2) is 5.78 Å². The number of carbonyl (C=O) groups excluding carboxylic acids is 3. The second-order valence-electron chi connectivity index (χ2n) is 7.23. The normalized spacial score (nSPS) is 13.2. The Hall–Kier alpha value is -3.27. The third kappa shape index (κ3) is 6.13. The van der Waals surface area contributed by atoms with E-state index in [1.54, 1.807) is 19.1 Å². The molecule has 0 aliphatic carbocycles. The highest BCUT2D eigenvalue weighted by Gasteiger charge is 2.31. The fraction of sp³-hybridized carbons (Fsp3) is 0.364. The molecule has 32 heavy (non-hydrogen) atoms. The largest absolute Gasteiger partial charge is 0.417 e. The van der Waals surface area contributed by atoms with Gasteiger partial charge in [-0.15, -0.1) is 0 Å². The molecule has 0 radical (unpaired) electrons. The lowest BCUT2D eigenvalue weighted by molar-refractivity contribution is -0.141. The summed E-state index contributed by atoms with van der Waals surface area (Å²) in [6.07, 6.45) is -1.70. The van der Waals surface area contributed by atoms with Gasteiger partial charge in [0.2, 0.25) is 5.91 Å². The summed E-state index contributed by atoms with van der Waals surface area (Å²) in [5.41, 5.74) is 1.71. The zero-order chi connectivity index (χ0) is 23.9. The predicted molar refractivity (Wildman–Crippen MR) is 110 cm³/mol. The molecule has 1 heterocycles. The first-order valence-corrected chi connectivity index (χ1v) is 9.94. The average molecular weight is 451 g/mol. The molecule has 0 bridgehead atoms. The lowest BCUT2D eigenvalue weighted by Gasteiger charge is -2.18. The Morgan fingerprint density at radius 1 is 1.03 bits per heavy atom. The molecule has 2 unspecified atom stereocenters. The van der Waals surface area contributed by atoms with Crippen molar-refractivity contribution in [3.63, 3.8) is 0 Å². The molecule has 0 aliphatic rings. The second-order valence-corrected chi connectivity index (χ2v) is 7.23. The fourth-order valence-electron chi connectivity index (χ4n) is 3.34. The van der Waals surface area contributed by atoms with Crippen LogP contribution >= 0.6 is 0 Å². The number of alkyl halides is 3. The SMILES string of the molecule is CCC(CCC(C(=O)NC)C(=O)NO)C(=O)c1ccc(-c2cncc(C(F)(F)F)c2)cc1. The van der Waals surface area contributed by atoms with Crippen molar-refractivity contribution in [1.82, 2.24) is 15.8 Å². The number of aromatic nitrogens is 1. The Labute approximate surface area is 183 Å². The molecule has 3 N–H and O–H groups in total. The summed E-state index contributed by atoms with van der Waals surface area (Å²) in [5.74, 6) is -3.25. The van der Waals surface area contributed by atoms with Crippen LogP contribution in [-0.2, 0) is 15.8 Å². The minimum absolute atomic E-state index is 0.0598. The minimum Gasteiger partial charge on any atom is -0.358 e. The molecule has 0 spiro atoms. The van der Waals surface area contributed by atoms with Gasteiger partial charge in [0.05, 0.1) is 5.56 Å². The van der Waals surface area contributed by atoms with Crippen LogP contribution in [0.2, 0.25) is 0 Å². The van der Waals surface area contributed by atoms with Crippen LogP contribution in [-0.4, -0.2) is 34.8 Å². The third-order valence-electron chi connectivity index (χ3n) is 5.23. The van der Waals surface area contributed by atoms with E-state index < -0.39 is 35.4 Å². The number of Topliss-reactive ketones (excluding diaryl/α,β-unsaturated/α-hetero) is 1. The van der Waals surface area contributed by atoms with Crippen molar-refractivity contribution in [3.05, 3.63) is 53.9 Å². The van der Waals surface area contributed by atoms with Gasteiger partial charge in [0.25, 0.3) is 5.91 Å². The van der Waals surface area contributed by atoms with Gasteiger partial charge in [0, 0.05) is 36.5 Å². The molecule has 0 saturated heterocycles. The lowest BCUT2D eigenvalue weighted by atomic mass is 9.87. The number of amides is 2. The number of hydroxylamine groups is 1. The number of rotatable bonds is 9. The van der Waals surface area contributed by atoms with E-state index in [0.717, 1.165) is 12.3 Å². The number of benzene rings is 1. The number of hydrogen-bond donors (Lipinski definition) is 3. The summed E-state index contributed by atoms with van der Waals surface area (Å²) < 4.78 is 38.7. The number of nitrogens with one attached hydrogen (secondary N) is 2. The predicted octanol–water partition coefficient (Wildman–Crippen LogP) is 3.62. The molecule has 2 atom stereocenters. The maximum absolute atomic E-state index is 12.9. The molecule has 1 aromatic carbocycles.